The molecule has 0 saturated heterocycles. The fourth-order valence-corrected chi connectivity index (χ4v) is 3.97. The van der Waals surface area contributed by atoms with Gasteiger partial charge in [0.15, 0.2) is 17.3 Å². The van der Waals surface area contributed by atoms with Crippen LogP contribution in [0, 0.1) is 5.82 Å². The third-order valence-corrected chi connectivity index (χ3v) is 5.30. The lowest BCUT2D eigenvalue weighted by Crippen LogP contribution is -2.07. The summed E-state index contributed by atoms with van der Waals surface area (Å²) in [5.41, 5.74) is -0.433. The molecule has 0 unspecified atom stereocenters. The van der Waals surface area contributed by atoms with E-state index < -0.39 is 23.7 Å². The molecule has 0 amide bonds. The van der Waals surface area contributed by atoms with Gasteiger partial charge in [-0.2, -0.15) is 18.3 Å². The van der Waals surface area contributed by atoms with Gasteiger partial charge in [0.2, 0.25) is 0 Å². The van der Waals surface area contributed by atoms with E-state index in [0.29, 0.717) is 10.9 Å². The predicted molar refractivity (Wildman–Crippen MR) is 95.1 cm³/mol. The molecule has 2 heterocycles. The molecule has 3 aromatic rings. The number of halogens is 5. The molecular formula is C17H13ClF4N2O3S. The van der Waals surface area contributed by atoms with Crippen LogP contribution in [0.4, 0.5) is 17.6 Å². The predicted octanol–water partition coefficient (Wildman–Crippen LogP) is 4.74. The standard InChI is InChI=1S/C17H13ClF4N2O3S/c1-24-9(4-12(23-24)17(20,21)22)6-27-11-5-10(18)14-8(3-13(25)26-2)7-28-16(14)15(11)19/h4-5,7H,3,6H2,1-2H3. The molecule has 3 rings (SSSR count). The summed E-state index contributed by atoms with van der Waals surface area (Å²) >= 11 is 7.27. The molecule has 2 aromatic heterocycles. The molecule has 0 aliphatic heterocycles. The Morgan fingerprint density at radius 3 is 2.68 bits per heavy atom. The van der Waals surface area contributed by atoms with Crippen molar-refractivity contribution in [2.75, 3.05) is 7.11 Å². The summed E-state index contributed by atoms with van der Waals surface area (Å²) in [6, 6.07) is 2.06. The zero-order valence-corrected chi connectivity index (χ0v) is 16.1. The SMILES string of the molecule is COC(=O)Cc1csc2c(F)c(OCc3cc(C(F)(F)F)nn3C)cc(Cl)c12. The number of hydrogen-bond donors (Lipinski definition) is 0. The van der Waals surface area contributed by atoms with Gasteiger partial charge in [-0.15, -0.1) is 11.3 Å². The number of hydrogen-bond acceptors (Lipinski definition) is 5. The summed E-state index contributed by atoms with van der Waals surface area (Å²) in [6.45, 7) is -0.335. The summed E-state index contributed by atoms with van der Waals surface area (Å²) < 4.78 is 64.1. The molecule has 0 bridgehead atoms. The molecule has 11 heteroatoms. The number of benzene rings is 1. The van der Waals surface area contributed by atoms with Gasteiger partial charge in [0.05, 0.1) is 28.9 Å². The summed E-state index contributed by atoms with van der Waals surface area (Å²) in [5.74, 6) is -1.41. The number of aryl methyl sites for hydroxylation is 1. The smallest absolute Gasteiger partial charge is 0.435 e. The van der Waals surface area contributed by atoms with Crippen molar-refractivity contribution in [1.29, 1.82) is 0 Å². The normalized spacial score (nSPS) is 11.8. The Kier molecular flexibility index (Phi) is 5.53. The van der Waals surface area contributed by atoms with Crippen LogP contribution in [0.2, 0.25) is 5.02 Å². The molecule has 0 atom stereocenters. The van der Waals surface area contributed by atoms with Crippen molar-refractivity contribution in [2.45, 2.75) is 19.2 Å². The highest BCUT2D eigenvalue weighted by atomic mass is 35.5. The van der Waals surface area contributed by atoms with Crippen molar-refractivity contribution >= 4 is 39.0 Å². The first-order valence-corrected chi connectivity index (χ1v) is 9.05. The molecule has 0 fully saturated rings. The van der Waals surface area contributed by atoms with Gasteiger partial charge < -0.3 is 9.47 Å². The van der Waals surface area contributed by atoms with Crippen LogP contribution in [0.5, 0.6) is 5.75 Å². The van der Waals surface area contributed by atoms with Crippen molar-refractivity contribution in [3.63, 3.8) is 0 Å². The zero-order valence-electron chi connectivity index (χ0n) is 14.6. The Hall–Kier alpha value is -2.33. The number of carbonyl (C=O) groups is 1. The molecule has 1 aromatic carbocycles. The average molecular weight is 437 g/mol. The molecular weight excluding hydrogens is 424 g/mol. The quantitative estimate of drug-likeness (QED) is 0.428. The number of carbonyl (C=O) groups excluding carboxylic acids is 1. The highest BCUT2D eigenvalue weighted by Gasteiger charge is 2.34. The third-order valence-electron chi connectivity index (χ3n) is 3.98. The number of ether oxygens (including phenoxy) is 2. The third kappa shape index (κ3) is 3.93. The van der Waals surface area contributed by atoms with Gasteiger partial charge in [0.25, 0.3) is 0 Å². The maximum atomic E-state index is 14.8. The van der Waals surface area contributed by atoms with Crippen LogP contribution in [0.15, 0.2) is 17.5 Å². The fourth-order valence-electron chi connectivity index (χ4n) is 2.57. The van der Waals surface area contributed by atoms with E-state index in [1.54, 1.807) is 5.38 Å². The van der Waals surface area contributed by atoms with Crippen molar-refractivity contribution in [1.82, 2.24) is 9.78 Å². The average Bonchev–Trinajstić information content (AvgIpc) is 3.21. The van der Waals surface area contributed by atoms with Crippen LogP contribution in [-0.2, 0) is 35.8 Å². The van der Waals surface area contributed by atoms with Crippen molar-refractivity contribution < 1.29 is 31.8 Å². The van der Waals surface area contributed by atoms with Gasteiger partial charge in [-0.3, -0.25) is 9.48 Å². The maximum Gasteiger partial charge on any atom is 0.435 e. The molecule has 150 valence electrons. The summed E-state index contributed by atoms with van der Waals surface area (Å²) in [6.07, 6.45) is -4.65. The van der Waals surface area contributed by atoms with Crippen LogP contribution >= 0.6 is 22.9 Å². The van der Waals surface area contributed by atoms with Crippen LogP contribution in [0.25, 0.3) is 10.1 Å². The Bertz CT molecular complexity index is 1050. The molecule has 0 aliphatic rings. The van der Waals surface area contributed by atoms with E-state index in [4.69, 9.17) is 16.3 Å². The monoisotopic (exact) mass is 436 g/mol. The number of fused-ring (bicyclic) bond motifs is 1. The molecule has 0 radical (unpaired) electrons. The molecule has 0 aliphatic carbocycles. The zero-order chi connectivity index (χ0) is 20.6. The lowest BCUT2D eigenvalue weighted by atomic mass is 10.1. The second kappa shape index (κ2) is 7.59. The van der Waals surface area contributed by atoms with E-state index in [1.807, 2.05) is 0 Å². The molecule has 5 nitrogen and oxygen atoms in total. The van der Waals surface area contributed by atoms with Crippen molar-refractivity contribution in [3.05, 3.63) is 45.3 Å². The highest BCUT2D eigenvalue weighted by Crippen LogP contribution is 2.39. The number of rotatable bonds is 5. The first-order valence-electron chi connectivity index (χ1n) is 7.79. The minimum atomic E-state index is -4.59. The molecule has 0 spiro atoms. The minimum absolute atomic E-state index is 0.0644. The Labute approximate surface area is 165 Å². The largest absolute Gasteiger partial charge is 0.484 e. The van der Waals surface area contributed by atoms with Gasteiger partial charge in [0.1, 0.15) is 6.61 Å². The lowest BCUT2D eigenvalue weighted by molar-refractivity contribution is -0.141. The maximum absolute atomic E-state index is 14.8. The van der Waals surface area contributed by atoms with Crippen LogP contribution in [0.3, 0.4) is 0 Å². The Morgan fingerprint density at radius 1 is 1.36 bits per heavy atom. The second-order valence-corrected chi connectivity index (χ2v) is 7.11. The van der Waals surface area contributed by atoms with Gasteiger partial charge in [-0.1, -0.05) is 11.6 Å². The fraction of sp³-hybridized carbons (Fsp3) is 0.294. The van der Waals surface area contributed by atoms with E-state index in [0.717, 1.165) is 22.1 Å². The second-order valence-electron chi connectivity index (χ2n) is 5.82. The Morgan fingerprint density at radius 2 is 2.07 bits per heavy atom. The summed E-state index contributed by atoms with van der Waals surface area (Å²) in [4.78, 5) is 11.5. The van der Waals surface area contributed by atoms with Crippen molar-refractivity contribution in [2.24, 2.45) is 7.05 Å². The molecule has 28 heavy (non-hydrogen) atoms. The van der Waals surface area contributed by atoms with E-state index >= 15 is 0 Å². The van der Waals surface area contributed by atoms with Crippen LogP contribution in [0.1, 0.15) is 17.0 Å². The summed E-state index contributed by atoms with van der Waals surface area (Å²) in [7, 11) is 2.58. The first-order chi connectivity index (χ1) is 13.1. The minimum Gasteiger partial charge on any atom is -0.484 e. The first kappa shape index (κ1) is 20.4. The van der Waals surface area contributed by atoms with E-state index in [-0.39, 0.29) is 34.2 Å². The van der Waals surface area contributed by atoms with E-state index in [1.165, 1.54) is 20.2 Å². The van der Waals surface area contributed by atoms with Gasteiger partial charge in [0, 0.05) is 18.5 Å². The number of nitrogens with zero attached hydrogens (tertiary/aromatic N) is 2. The number of methoxy groups -OCH3 is 1. The summed E-state index contributed by atoms with van der Waals surface area (Å²) in [5, 5.41) is 5.50. The van der Waals surface area contributed by atoms with Gasteiger partial charge >= 0.3 is 12.1 Å². The number of alkyl halides is 3. The number of esters is 1. The van der Waals surface area contributed by atoms with E-state index in [9.17, 15) is 22.4 Å². The van der Waals surface area contributed by atoms with Crippen LogP contribution in [-0.4, -0.2) is 22.9 Å². The van der Waals surface area contributed by atoms with Gasteiger partial charge in [-0.05, 0) is 17.0 Å². The number of thiophene rings is 1. The van der Waals surface area contributed by atoms with E-state index in [2.05, 4.69) is 9.84 Å². The number of aromatic nitrogens is 2. The lowest BCUT2D eigenvalue weighted by Gasteiger charge is -2.10. The Balaban J connectivity index is 1.88. The topological polar surface area (TPSA) is 53.4 Å². The molecule has 0 saturated carbocycles. The van der Waals surface area contributed by atoms with Crippen LogP contribution < -0.4 is 4.74 Å². The highest BCUT2D eigenvalue weighted by molar-refractivity contribution is 7.17. The molecule has 0 N–H and O–H groups in total. The van der Waals surface area contributed by atoms with Gasteiger partial charge in [-0.25, -0.2) is 4.39 Å². The van der Waals surface area contributed by atoms with Crippen molar-refractivity contribution in [3.8, 4) is 5.75 Å².